The van der Waals surface area contributed by atoms with Gasteiger partial charge in [-0.05, 0) is 51.2 Å². The molecule has 7 rings (SSSR count). The van der Waals surface area contributed by atoms with E-state index in [0.29, 0.717) is 31.7 Å². The first-order valence-corrected chi connectivity index (χ1v) is 14.9. The van der Waals surface area contributed by atoms with Gasteiger partial charge in [0.05, 0.1) is 18.3 Å². The van der Waals surface area contributed by atoms with Gasteiger partial charge in [0.25, 0.3) is 0 Å². The number of piperazine rings is 1. The zero-order chi connectivity index (χ0) is 28.1. The highest BCUT2D eigenvalue weighted by atomic mass is 16.5. The van der Waals surface area contributed by atoms with Crippen molar-refractivity contribution in [2.24, 2.45) is 0 Å². The molecule has 0 radical (unpaired) electrons. The molecule has 216 valence electrons. The Morgan fingerprint density at radius 3 is 2.76 bits per heavy atom. The van der Waals surface area contributed by atoms with Crippen LogP contribution in [0.4, 0.5) is 11.5 Å². The quantitative estimate of drug-likeness (QED) is 0.442. The average molecular weight is 558 g/mol. The van der Waals surface area contributed by atoms with Gasteiger partial charge in [-0.1, -0.05) is 24.3 Å². The third-order valence-electron chi connectivity index (χ3n) is 9.18. The highest BCUT2D eigenvalue weighted by molar-refractivity contribution is 5.95. The largest absolute Gasteiger partial charge is 0.508 e. The smallest absolute Gasteiger partial charge is 0.318 e. The number of hydrogen-bond donors (Lipinski definition) is 2. The van der Waals surface area contributed by atoms with Gasteiger partial charge in [0.1, 0.15) is 18.2 Å². The number of hydrogen-bond acceptors (Lipinski definition) is 9. The van der Waals surface area contributed by atoms with Crippen LogP contribution in [0, 0.1) is 0 Å². The van der Waals surface area contributed by atoms with Gasteiger partial charge in [-0.2, -0.15) is 9.97 Å². The summed E-state index contributed by atoms with van der Waals surface area (Å²) in [7, 11) is 2.15. The van der Waals surface area contributed by atoms with Crippen molar-refractivity contribution in [3.63, 3.8) is 0 Å². The molecule has 0 unspecified atom stereocenters. The van der Waals surface area contributed by atoms with E-state index in [1.165, 1.54) is 6.42 Å². The zero-order valence-electron chi connectivity index (χ0n) is 23.9. The highest BCUT2D eigenvalue weighted by Crippen LogP contribution is 2.36. The summed E-state index contributed by atoms with van der Waals surface area (Å²) < 4.78 is 6.29. The van der Waals surface area contributed by atoms with Gasteiger partial charge in [-0.3, -0.25) is 4.79 Å². The summed E-state index contributed by atoms with van der Waals surface area (Å²) in [4.78, 5) is 31.8. The molecule has 0 bridgehead atoms. The van der Waals surface area contributed by atoms with Crippen LogP contribution in [-0.4, -0.2) is 102 Å². The summed E-state index contributed by atoms with van der Waals surface area (Å²) in [5, 5.41) is 15.8. The molecule has 3 fully saturated rings. The van der Waals surface area contributed by atoms with Gasteiger partial charge in [-0.25, -0.2) is 0 Å². The predicted molar refractivity (Wildman–Crippen MR) is 159 cm³/mol. The molecule has 4 aliphatic heterocycles. The van der Waals surface area contributed by atoms with E-state index in [-0.39, 0.29) is 23.7 Å². The number of fused-ring (bicyclic) bond motifs is 2. The van der Waals surface area contributed by atoms with E-state index in [2.05, 4.69) is 40.1 Å². The van der Waals surface area contributed by atoms with E-state index in [9.17, 15) is 9.90 Å². The van der Waals surface area contributed by atoms with E-state index >= 15 is 0 Å². The van der Waals surface area contributed by atoms with Crippen molar-refractivity contribution in [2.75, 3.05) is 62.7 Å². The lowest BCUT2D eigenvalue weighted by Crippen LogP contribution is -2.56. The third kappa shape index (κ3) is 5.15. The molecule has 3 aromatic rings. The maximum absolute atomic E-state index is 12.8. The van der Waals surface area contributed by atoms with Gasteiger partial charge >= 0.3 is 6.01 Å². The molecule has 2 aromatic carbocycles. The van der Waals surface area contributed by atoms with E-state index in [0.717, 1.165) is 79.1 Å². The lowest BCUT2D eigenvalue weighted by Gasteiger charge is -2.42. The molecule has 4 aliphatic rings. The molecule has 10 nitrogen and oxygen atoms in total. The van der Waals surface area contributed by atoms with Crippen molar-refractivity contribution in [1.82, 2.24) is 25.1 Å². The summed E-state index contributed by atoms with van der Waals surface area (Å²) in [6.45, 7) is 8.13. The third-order valence-corrected chi connectivity index (χ3v) is 9.18. The highest BCUT2D eigenvalue weighted by Gasteiger charge is 2.38. The number of anilines is 2. The second-order valence-electron chi connectivity index (χ2n) is 12.0. The topological polar surface area (TPSA) is 107 Å². The first-order chi connectivity index (χ1) is 19.9. The number of phenolic OH excluding ortho intramolecular Hbond substituents is 1. The number of aromatic nitrogens is 2. The lowest BCUT2D eigenvalue weighted by molar-refractivity contribution is -0.133. The van der Waals surface area contributed by atoms with Crippen LogP contribution in [0.25, 0.3) is 10.8 Å². The van der Waals surface area contributed by atoms with Crippen LogP contribution in [0.2, 0.25) is 0 Å². The number of aromatic hydroxyl groups is 1. The van der Waals surface area contributed by atoms with Gasteiger partial charge in [0, 0.05) is 67.5 Å². The molecule has 2 N–H and O–H groups in total. The van der Waals surface area contributed by atoms with Gasteiger partial charge in [-0.15, -0.1) is 0 Å². The number of carbonyl (C=O) groups is 1. The van der Waals surface area contributed by atoms with E-state index in [1.54, 1.807) is 0 Å². The Labute approximate surface area is 240 Å². The van der Waals surface area contributed by atoms with Crippen molar-refractivity contribution < 1.29 is 14.6 Å². The molecular formula is C31H39N7O3. The lowest BCUT2D eigenvalue weighted by atomic mass is 10.0. The number of rotatable bonds is 6. The molecule has 1 amide bonds. The van der Waals surface area contributed by atoms with Crippen LogP contribution in [0.1, 0.15) is 31.0 Å². The number of likely N-dealkylation sites (N-methyl/N-ethyl adjacent to an activating group) is 1. The predicted octanol–water partition coefficient (Wildman–Crippen LogP) is 2.38. The zero-order valence-corrected chi connectivity index (χ0v) is 23.9. The minimum atomic E-state index is -0.0102. The first-order valence-electron chi connectivity index (χ1n) is 14.9. The van der Waals surface area contributed by atoms with Gasteiger partial charge in [0.2, 0.25) is 5.91 Å². The van der Waals surface area contributed by atoms with E-state index < -0.39 is 0 Å². The molecule has 3 saturated heterocycles. The molecule has 0 spiro atoms. The molecule has 0 aliphatic carbocycles. The van der Waals surface area contributed by atoms with Crippen molar-refractivity contribution >= 4 is 28.2 Å². The Bertz CT molecular complexity index is 1460. The van der Waals surface area contributed by atoms with Crippen molar-refractivity contribution in [3.05, 3.63) is 47.7 Å². The summed E-state index contributed by atoms with van der Waals surface area (Å²) in [5.74, 6) is 1.41. The SMILES string of the molecule is C[C@H]1CN(c2nc(OC[C@@H]3CCCN3C)nc3c2CCN(c2cc(O)cc4ccccc24)C3)CCN1C(=O)[C@H]1CN1. The number of amides is 1. The number of carbonyl (C=O) groups excluding carboxylic acids is 1. The maximum Gasteiger partial charge on any atom is 0.318 e. The minimum Gasteiger partial charge on any atom is -0.508 e. The number of benzene rings is 2. The summed E-state index contributed by atoms with van der Waals surface area (Å²) in [5.41, 5.74) is 3.14. The average Bonchev–Trinajstić information content (AvgIpc) is 3.75. The van der Waals surface area contributed by atoms with Crippen LogP contribution >= 0.6 is 0 Å². The fraction of sp³-hybridized carbons (Fsp3) is 0.516. The van der Waals surface area contributed by atoms with Crippen LogP contribution in [0.3, 0.4) is 0 Å². The molecule has 3 atom stereocenters. The van der Waals surface area contributed by atoms with E-state index in [4.69, 9.17) is 14.7 Å². The summed E-state index contributed by atoms with van der Waals surface area (Å²) in [6, 6.07) is 12.7. The summed E-state index contributed by atoms with van der Waals surface area (Å²) >= 11 is 0. The normalized spacial score (nSPS) is 24.5. The monoisotopic (exact) mass is 557 g/mol. The number of ether oxygens (including phenoxy) is 1. The van der Waals surface area contributed by atoms with Crippen molar-refractivity contribution in [2.45, 2.75) is 50.9 Å². The fourth-order valence-corrected chi connectivity index (χ4v) is 6.73. The van der Waals surface area contributed by atoms with Crippen molar-refractivity contribution in [1.29, 1.82) is 0 Å². The fourth-order valence-electron chi connectivity index (χ4n) is 6.73. The second kappa shape index (κ2) is 10.6. The van der Waals surface area contributed by atoms with Gasteiger partial charge in [0.15, 0.2) is 0 Å². The molecule has 41 heavy (non-hydrogen) atoms. The number of nitrogens with zero attached hydrogens (tertiary/aromatic N) is 6. The minimum absolute atomic E-state index is 0.0102. The van der Waals surface area contributed by atoms with Crippen molar-refractivity contribution in [3.8, 4) is 11.8 Å². The molecule has 0 saturated carbocycles. The van der Waals surface area contributed by atoms with E-state index in [1.807, 2.05) is 35.2 Å². The number of phenols is 1. The Hall–Kier alpha value is -3.63. The molecule has 10 heteroatoms. The van der Waals surface area contributed by atoms with Crippen LogP contribution in [0.15, 0.2) is 36.4 Å². The van der Waals surface area contributed by atoms with Crippen LogP contribution in [-0.2, 0) is 17.8 Å². The first kappa shape index (κ1) is 26.3. The maximum atomic E-state index is 12.8. The molecule has 1 aromatic heterocycles. The Balaban J connectivity index is 1.19. The van der Waals surface area contributed by atoms with Crippen LogP contribution in [0.5, 0.6) is 11.8 Å². The molecule has 5 heterocycles. The Morgan fingerprint density at radius 2 is 1.98 bits per heavy atom. The second-order valence-corrected chi connectivity index (χ2v) is 12.0. The number of likely N-dealkylation sites (tertiary alicyclic amines) is 1. The Kier molecular flexibility index (Phi) is 6.83. The standard InChI is InChI=1S/C31H39N7O3/c1-20-17-37(12-13-38(20)30(40)26-16-32-26)29-25-9-11-36(28-15-23(39)14-21-6-3-4-8-24(21)28)18-27(25)33-31(34-29)41-19-22-7-5-10-35(22)2/h3-4,6,8,14-15,20,22,26,32,39H,5,7,9-13,16-19H2,1-2H3/t20-,22-,26+/m0/s1. The Morgan fingerprint density at radius 1 is 1.12 bits per heavy atom. The number of nitrogens with one attached hydrogen (secondary N) is 1. The van der Waals surface area contributed by atoms with Crippen LogP contribution < -0.4 is 19.9 Å². The summed E-state index contributed by atoms with van der Waals surface area (Å²) in [6.07, 6.45) is 3.10. The molecular weight excluding hydrogens is 518 g/mol. The van der Waals surface area contributed by atoms with Gasteiger partial charge < -0.3 is 34.8 Å².